The van der Waals surface area contributed by atoms with Gasteiger partial charge in [-0.1, -0.05) is 60.1 Å². The lowest BCUT2D eigenvalue weighted by Gasteiger charge is -2.11. The van der Waals surface area contributed by atoms with Gasteiger partial charge in [-0.2, -0.15) is 0 Å². The summed E-state index contributed by atoms with van der Waals surface area (Å²) >= 11 is 6.10. The normalized spacial score (nSPS) is 10.3. The average molecular weight is 308 g/mol. The predicted molar refractivity (Wildman–Crippen MR) is 90.9 cm³/mol. The van der Waals surface area contributed by atoms with Gasteiger partial charge in [0.2, 0.25) is 0 Å². The van der Waals surface area contributed by atoms with Crippen molar-refractivity contribution in [2.45, 2.75) is 0 Å². The van der Waals surface area contributed by atoms with E-state index in [0.29, 0.717) is 18.5 Å². The molecule has 107 valence electrons. The van der Waals surface area contributed by atoms with E-state index in [1.165, 1.54) is 0 Å². The van der Waals surface area contributed by atoms with Crippen LogP contribution in [-0.4, -0.2) is 12.7 Å². The van der Waals surface area contributed by atoms with Crippen LogP contribution < -0.4 is 4.65 Å². The molecular formula is C18H13BClO2. The lowest BCUT2D eigenvalue weighted by atomic mass is 9.98. The van der Waals surface area contributed by atoms with E-state index in [4.69, 9.17) is 21.3 Å². The van der Waals surface area contributed by atoms with Crippen molar-refractivity contribution in [2.75, 3.05) is 0 Å². The Morgan fingerprint density at radius 2 is 1.50 bits per heavy atom. The molecule has 0 unspecified atom stereocenters. The highest BCUT2D eigenvalue weighted by Crippen LogP contribution is 2.34. The zero-order valence-electron chi connectivity index (χ0n) is 11.7. The maximum atomic E-state index is 8.91. The summed E-state index contributed by atoms with van der Waals surface area (Å²) in [6, 6.07) is 23.5. The smallest absolute Gasteiger partial charge is 0.537 e. The fourth-order valence-corrected chi connectivity index (χ4v) is 2.56. The van der Waals surface area contributed by atoms with E-state index in [0.717, 1.165) is 22.3 Å². The van der Waals surface area contributed by atoms with Crippen LogP contribution >= 0.6 is 11.6 Å². The Balaban J connectivity index is 2.08. The van der Waals surface area contributed by atoms with E-state index in [-0.39, 0.29) is 0 Å². The van der Waals surface area contributed by atoms with Gasteiger partial charge in [-0.15, -0.1) is 0 Å². The Kier molecular flexibility index (Phi) is 4.47. The van der Waals surface area contributed by atoms with Gasteiger partial charge < -0.3 is 9.68 Å². The van der Waals surface area contributed by atoms with Crippen molar-refractivity contribution in [3.63, 3.8) is 0 Å². The molecule has 2 nitrogen and oxygen atoms in total. The molecule has 0 heterocycles. The van der Waals surface area contributed by atoms with E-state index in [1.54, 1.807) is 12.1 Å². The first-order chi connectivity index (χ1) is 10.8. The molecule has 1 N–H and O–H groups in total. The fraction of sp³-hybridized carbons (Fsp3) is 0. The van der Waals surface area contributed by atoms with Crippen LogP contribution in [0.1, 0.15) is 0 Å². The molecule has 0 aliphatic heterocycles. The number of halogens is 1. The molecule has 0 spiro atoms. The number of hydrogen-bond donors (Lipinski definition) is 1. The second-order valence-electron chi connectivity index (χ2n) is 4.81. The van der Waals surface area contributed by atoms with Crippen LogP contribution in [0, 0.1) is 0 Å². The molecule has 3 aromatic carbocycles. The number of benzene rings is 3. The summed E-state index contributed by atoms with van der Waals surface area (Å²) in [4.78, 5) is 0. The standard InChI is InChI=1S/C18H13BClO2/c20-16-9-10-18(22-19-21)17(12-16)15-8-4-7-14(11-15)13-5-2-1-3-6-13/h1-12,21H. The monoisotopic (exact) mass is 307 g/mol. The highest BCUT2D eigenvalue weighted by Gasteiger charge is 2.09. The summed E-state index contributed by atoms with van der Waals surface area (Å²) in [5, 5.41) is 9.53. The molecule has 0 saturated heterocycles. The summed E-state index contributed by atoms with van der Waals surface area (Å²) in [5.41, 5.74) is 4.05. The molecule has 0 bridgehead atoms. The second kappa shape index (κ2) is 6.69. The topological polar surface area (TPSA) is 29.5 Å². The maximum absolute atomic E-state index is 8.91. The van der Waals surface area contributed by atoms with Gasteiger partial charge in [0.1, 0.15) is 5.75 Å². The van der Waals surface area contributed by atoms with Crippen molar-refractivity contribution in [3.05, 3.63) is 77.8 Å². The number of hydrogen-bond acceptors (Lipinski definition) is 2. The minimum atomic E-state index is 0.553. The molecule has 0 atom stereocenters. The van der Waals surface area contributed by atoms with Gasteiger partial charge >= 0.3 is 7.69 Å². The average Bonchev–Trinajstić information content (AvgIpc) is 2.58. The molecule has 0 aromatic heterocycles. The molecule has 0 saturated carbocycles. The first-order valence-corrected chi connectivity index (χ1v) is 7.24. The lowest BCUT2D eigenvalue weighted by molar-refractivity contribution is 0.455. The van der Waals surface area contributed by atoms with Crippen LogP contribution in [0.25, 0.3) is 22.3 Å². The zero-order valence-corrected chi connectivity index (χ0v) is 12.5. The van der Waals surface area contributed by atoms with Gasteiger partial charge in [-0.25, -0.2) is 0 Å². The molecule has 22 heavy (non-hydrogen) atoms. The maximum Gasteiger partial charge on any atom is 0.569 e. The third kappa shape index (κ3) is 3.16. The van der Waals surface area contributed by atoms with Crippen LogP contribution in [-0.2, 0) is 0 Å². The highest BCUT2D eigenvalue weighted by atomic mass is 35.5. The Morgan fingerprint density at radius 3 is 2.27 bits per heavy atom. The van der Waals surface area contributed by atoms with Crippen LogP contribution in [0.4, 0.5) is 0 Å². The van der Waals surface area contributed by atoms with E-state index in [2.05, 4.69) is 24.3 Å². The largest absolute Gasteiger partial charge is 0.569 e. The molecule has 0 aliphatic carbocycles. The van der Waals surface area contributed by atoms with Crippen molar-refractivity contribution in [2.24, 2.45) is 0 Å². The van der Waals surface area contributed by atoms with Crippen molar-refractivity contribution in [1.29, 1.82) is 0 Å². The minimum absolute atomic E-state index is 0.553. The third-order valence-electron chi connectivity index (χ3n) is 3.40. The Morgan fingerprint density at radius 1 is 0.773 bits per heavy atom. The van der Waals surface area contributed by atoms with Crippen molar-refractivity contribution < 1.29 is 9.68 Å². The number of rotatable bonds is 4. The molecule has 3 aromatic rings. The van der Waals surface area contributed by atoms with Gasteiger partial charge in [-0.05, 0) is 41.0 Å². The first kappa shape index (κ1) is 14.7. The quantitative estimate of drug-likeness (QED) is 0.715. The molecule has 3 rings (SSSR count). The zero-order chi connectivity index (χ0) is 15.4. The lowest BCUT2D eigenvalue weighted by Crippen LogP contribution is -2.01. The Hall–Kier alpha value is -2.23. The summed E-state index contributed by atoms with van der Waals surface area (Å²) in [6.07, 6.45) is 0. The van der Waals surface area contributed by atoms with Crippen LogP contribution in [0.2, 0.25) is 5.02 Å². The van der Waals surface area contributed by atoms with Crippen molar-refractivity contribution in [1.82, 2.24) is 0 Å². The molecule has 0 aliphatic rings. The molecule has 1 radical (unpaired) electrons. The highest BCUT2D eigenvalue weighted by molar-refractivity contribution is 6.31. The van der Waals surface area contributed by atoms with Gasteiger partial charge in [0.05, 0.1) is 0 Å². The van der Waals surface area contributed by atoms with E-state index < -0.39 is 0 Å². The van der Waals surface area contributed by atoms with Crippen LogP contribution in [0.15, 0.2) is 72.8 Å². The summed E-state index contributed by atoms with van der Waals surface area (Å²) in [5.74, 6) is 0.553. The SMILES string of the molecule is O[B]Oc1ccc(Cl)cc1-c1cccc(-c2ccccc2)c1. The van der Waals surface area contributed by atoms with Gasteiger partial charge in [0, 0.05) is 10.6 Å². The summed E-state index contributed by atoms with van der Waals surface area (Å²) in [7, 11) is 0.674. The molecule has 0 fully saturated rings. The van der Waals surface area contributed by atoms with Crippen LogP contribution in [0.3, 0.4) is 0 Å². The summed E-state index contributed by atoms with van der Waals surface area (Å²) in [6.45, 7) is 0. The molecular weight excluding hydrogens is 294 g/mol. The summed E-state index contributed by atoms with van der Waals surface area (Å²) < 4.78 is 5.16. The van der Waals surface area contributed by atoms with Gasteiger partial charge in [-0.3, -0.25) is 0 Å². The fourth-order valence-electron chi connectivity index (χ4n) is 2.38. The first-order valence-electron chi connectivity index (χ1n) is 6.86. The minimum Gasteiger partial charge on any atom is -0.537 e. The van der Waals surface area contributed by atoms with Crippen LogP contribution in [0.5, 0.6) is 5.75 Å². The van der Waals surface area contributed by atoms with E-state index in [1.807, 2.05) is 36.4 Å². The van der Waals surface area contributed by atoms with E-state index >= 15 is 0 Å². The predicted octanol–water partition coefficient (Wildman–Crippen LogP) is 4.58. The molecule has 0 amide bonds. The Labute approximate surface area is 135 Å². The van der Waals surface area contributed by atoms with Gasteiger partial charge in [0.25, 0.3) is 0 Å². The molecule has 4 heteroatoms. The van der Waals surface area contributed by atoms with Gasteiger partial charge in [0.15, 0.2) is 0 Å². The second-order valence-corrected chi connectivity index (χ2v) is 5.25. The van der Waals surface area contributed by atoms with Crippen molar-refractivity contribution in [3.8, 4) is 28.0 Å². The Bertz CT molecular complexity index is 775. The van der Waals surface area contributed by atoms with Crippen molar-refractivity contribution >= 4 is 19.3 Å². The van der Waals surface area contributed by atoms with E-state index in [9.17, 15) is 0 Å². The third-order valence-corrected chi connectivity index (χ3v) is 3.64.